The number of aliphatic hydroxyl groups excluding tert-OH is 3. The van der Waals surface area contributed by atoms with Crippen molar-refractivity contribution in [1.82, 2.24) is 24.8 Å². The van der Waals surface area contributed by atoms with Gasteiger partial charge in [0.1, 0.15) is 17.7 Å². The van der Waals surface area contributed by atoms with Gasteiger partial charge in [0.2, 0.25) is 5.82 Å². The molecule has 1 saturated heterocycles. The van der Waals surface area contributed by atoms with Gasteiger partial charge in [-0.15, -0.1) is 0 Å². The van der Waals surface area contributed by atoms with Crippen molar-refractivity contribution in [2.24, 2.45) is 11.8 Å². The molecule has 3 unspecified atom stereocenters. The smallest absolute Gasteiger partial charge is 0.252 e. The molecule has 0 radical (unpaired) electrons. The summed E-state index contributed by atoms with van der Waals surface area (Å²) in [5, 5.41) is 33.1. The van der Waals surface area contributed by atoms with Gasteiger partial charge < -0.3 is 31.1 Å². The zero-order valence-corrected chi connectivity index (χ0v) is 18.8. The number of carbonyl (C=O) groups is 1. The van der Waals surface area contributed by atoms with Crippen LogP contribution in [-0.2, 0) is 9.53 Å². The van der Waals surface area contributed by atoms with E-state index < -0.39 is 30.4 Å². The van der Waals surface area contributed by atoms with Gasteiger partial charge in [0.25, 0.3) is 5.91 Å². The molecule has 1 aliphatic heterocycles. The number of aromatic nitrogens is 4. The van der Waals surface area contributed by atoms with Crippen molar-refractivity contribution in [3.05, 3.63) is 12.2 Å². The Balaban J connectivity index is 1.33. The third-order valence-corrected chi connectivity index (χ3v) is 6.96. The fourth-order valence-corrected chi connectivity index (χ4v) is 4.69. The highest BCUT2D eigenvalue weighted by molar-refractivity contribution is 5.83. The lowest BCUT2D eigenvalue weighted by Crippen LogP contribution is -2.43. The largest absolute Gasteiger partial charge is 0.396 e. The van der Waals surface area contributed by atoms with Crippen molar-refractivity contribution in [1.29, 1.82) is 0 Å². The Bertz CT molecular complexity index is 1110. The number of rotatable bonds is 5. The lowest BCUT2D eigenvalue weighted by Gasteiger charge is -2.25. The van der Waals surface area contributed by atoms with E-state index in [4.69, 9.17) is 10.5 Å². The molecule has 182 valence electrons. The van der Waals surface area contributed by atoms with Crippen molar-refractivity contribution < 1.29 is 24.9 Å². The number of amides is 1. The molecule has 3 fully saturated rings. The Kier molecular flexibility index (Phi) is 6.40. The number of carbonyl (C=O) groups excluding carboxylic acids is 1. The van der Waals surface area contributed by atoms with Gasteiger partial charge in [0.05, 0.1) is 6.33 Å². The molecule has 1 amide bonds. The topological polar surface area (TPSA) is 169 Å². The molecule has 0 aromatic carbocycles. The first kappa shape index (κ1) is 23.0. The maximum atomic E-state index is 12.4. The molecule has 34 heavy (non-hydrogen) atoms. The van der Waals surface area contributed by atoms with E-state index in [0.717, 1.165) is 38.5 Å². The Labute approximate surface area is 196 Å². The van der Waals surface area contributed by atoms with E-state index in [2.05, 4.69) is 32.1 Å². The predicted octanol–water partition coefficient (Wildman–Crippen LogP) is -0.153. The summed E-state index contributed by atoms with van der Waals surface area (Å²) in [5.74, 6) is 6.94. The van der Waals surface area contributed by atoms with E-state index in [9.17, 15) is 20.1 Å². The monoisotopic (exact) mass is 470 g/mol. The number of hydrogen-bond acceptors (Lipinski definition) is 9. The van der Waals surface area contributed by atoms with Gasteiger partial charge >= 0.3 is 0 Å². The number of aliphatic hydroxyl groups is 3. The average Bonchev–Trinajstić information content (AvgIpc) is 3.47. The summed E-state index contributed by atoms with van der Waals surface area (Å²) in [7, 11) is 0. The van der Waals surface area contributed by atoms with Crippen molar-refractivity contribution >= 4 is 22.9 Å². The molecular formula is C23H30N6O5. The minimum Gasteiger partial charge on any atom is -0.396 e. The van der Waals surface area contributed by atoms with E-state index in [-0.39, 0.29) is 24.3 Å². The lowest BCUT2D eigenvalue weighted by molar-refractivity contribution is -0.137. The molecular weight excluding hydrogens is 440 g/mol. The Morgan fingerprint density at radius 2 is 1.88 bits per heavy atom. The van der Waals surface area contributed by atoms with E-state index in [0.29, 0.717) is 29.4 Å². The Morgan fingerprint density at radius 1 is 1.15 bits per heavy atom. The molecule has 2 aromatic heterocycles. The van der Waals surface area contributed by atoms with Gasteiger partial charge in [-0.3, -0.25) is 9.36 Å². The standard InChI is InChI=1S/C23H30N6O5/c24-20-16-21(28-15(27-20)3-1-2-12-4-6-13(10-30)7-5-12)29(11-25-16)23-18(32)17(31)19(34-23)22(33)26-14-8-9-14/h11-14,17-19,23,30-32H,2,4-10H2,(H,26,33)(H2,24,27,28)/t12?,13?,17?,18?,19?,23-/m1/s1. The number of imidazole rings is 1. The molecule has 2 aliphatic carbocycles. The first-order valence-corrected chi connectivity index (χ1v) is 11.9. The van der Waals surface area contributed by atoms with Crippen LogP contribution in [0.15, 0.2) is 6.33 Å². The van der Waals surface area contributed by atoms with Crippen LogP contribution in [0.3, 0.4) is 0 Å². The quantitative estimate of drug-likeness (QED) is 0.373. The number of nitrogens with one attached hydrogen (secondary N) is 1. The average molecular weight is 471 g/mol. The summed E-state index contributed by atoms with van der Waals surface area (Å²) in [4.78, 5) is 25.3. The van der Waals surface area contributed by atoms with Crippen LogP contribution in [0.2, 0.25) is 0 Å². The van der Waals surface area contributed by atoms with Crippen LogP contribution in [0.4, 0.5) is 5.82 Å². The summed E-state index contributed by atoms with van der Waals surface area (Å²) < 4.78 is 7.19. The SMILES string of the molecule is Nc1nc(C#CCC2CCC(CO)CC2)nc2c1ncn2[C@@H]1OC(C(=O)NC2CC2)C(O)C1O. The number of nitrogen functional groups attached to an aromatic ring is 1. The molecule has 2 saturated carbocycles. The number of hydrogen-bond donors (Lipinski definition) is 5. The van der Waals surface area contributed by atoms with Crippen LogP contribution >= 0.6 is 0 Å². The summed E-state index contributed by atoms with van der Waals surface area (Å²) in [5.41, 5.74) is 6.71. The molecule has 6 N–H and O–H groups in total. The van der Waals surface area contributed by atoms with Crippen molar-refractivity contribution in [2.45, 2.75) is 75.5 Å². The highest BCUT2D eigenvalue weighted by Crippen LogP contribution is 2.33. The molecule has 5 rings (SSSR count). The fraction of sp³-hybridized carbons (Fsp3) is 0.652. The minimum absolute atomic E-state index is 0.104. The number of ether oxygens (including phenoxy) is 1. The number of nitrogens with zero attached hydrogens (tertiary/aromatic N) is 4. The third-order valence-electron chi connectivity index (χ3n) is 6.96. The van der Waals surface area contributed by atoms with Gasteiger partial charge in [0, 0.05) is 19.1 Å². The molecule has 11 heteroatoms. The summed E-state index contributed by atoms with van der Waals surface area (Å²) in [6.45, 7) is 0.252. The molecule has 4 atom stereocenters. The van der Waals surface area contributed by atoms with Crippen molar-refractivity contribution in [2.75, 3.05) is 12.3 Å². The third kappa shape index (κ3) is 4.59. The fourth-order valence-electron chi connectivity index (χ4n) is 4.69. The maximum Gasteiger partial charge on any atom is 0.252 e. The van der Waals surface area contributed by atoms with E-state index in [1.54, 1.807) is 0 Å². The molecule has 0 bridgehead atoms. The number of anilines is 1. The van der Waals surface area contributed by atoms with Gasteiger partial charge in [-0.25, -0.2) is 15.0 Å². The normalized spacial score (nSPS) is 31.3. The van der Waals surface area contributed by atoms with Crippen LogP contribution in [0.25, 0.3) is 11.2 Å². The van der Waals surface area contributed by atoms with E-state index in [1.807, 2.05) is 0 Å². The first-order valence-electron chi connectivity index (χ1n) is 11.9. The summed E-state index contributed by atoms with van der Waals surface area (Å²) in [6.07, 6.45) is 3.04. The van der Waals surface area contributed by atoms with Crippen molar-refractivity contribution in [3.8, 4) is 11.8 Å². The number of fused-ring (bicyclic) bond motifs is 1. The minimum atomic E-state index is -1.39. The zero-order valence-electron chi connectivity index (χ0n) is 18.8. The Hall–Kier alpha value is -2.78. The highest BCUT2D eigenvalue weighted by atomic mass is 16.6. The van der Waals surface area contributed by atoms with Crippen LogP contribution in [-0.4, -0.2) is 71.7 Å². The lowest BCUT2D eigenvalue weighted by atomic mass is 9.81. The van der Waals surface area contributed by atoms with Gasteiger partial charge in [-0.2, -0.15) is 0 Å². The first-order chi connectivity index (χ1) is 16.4. The summed E-state index contributed by atoms with van der Waals surface area (Å²) >= 11 is 0. The summed E-state index contributed by atoms with van der Waals surface area (Å²) in [6, 6.07) is 0.104. The predicted molar refractivity (Wildman–Crippen MR) is 121 cm³/mol. The Morgan fingerprint density at radius 3 is 2.59 bits per heavy atom. The van der Waals surface area contributed by atoms with Crippen LogP contribution in [0.1, 0.15) is 57.0 Å². The second-order valence-electron chi connectivity index (χ2n) is 9.54. The molecule has 2 aromatic rings. The number of nitrogens with two attached hydrogens (primary N) is 1. The van der Waals surface area contributed by atoms with Crippen LogP contribution in [0, 0.1) is 23.7 Å². The second-order valence-corrected chi connectivity index (χ2v) is 9.54. The molecule has 11 nitrogen and oxygen atoms in total. The van der Waals surface area contributed by atoms with Gasteiger partial charge in [-0.05, 0) is 56.3 Å². The van der Waals surface area contributed by atoms with Crippen LogP contribution < -0.4 is 11.1 Å². The van der Waals surface area contributed by atoms with E-state index >= 15 is 0 Å². The molecule has 3 aliphatic rings. The van der Waals surface area contributed by atoms with Gasteiger partial charge in [-0.1, -0.05) is 5.92 Å². The highest BCUT2D eigenvalue weighted by Gasteiger charge is 2.48. The molecule has 0 spiro atoms. The second kappa shape index (κ2) is 9.46. The maximum absolute atomic E-state index is 12.4. The molecule has 3 heterocycles. The van der Waals surface area contributed by atoms with Gasteiger partial charge in [0.15, 0.2) is 23.8 Å². The van der Waals surface area contributed by atoms with E-state index in [1.165, 1.54) is 10.9 Å². The van der Waals surface area contributed by atoms with Crippen LogP contribution in [0.5, 0.6) is 0 Å². The van der Waals surface area contributed by atoms with Crippen molar-refractivity contribution in [3.63, 3.8) is 0 Å². The zero-order chi connectivity index (χ0) is 23.8.